The van der Waals surface area contributed by atoms with Gasteiger partial charge in [0, 0.05) is 10.6 Å². The van der Waals surface area contributed by atoms with Crippen molar-refractivity contribution in [2.75, 3.05) is 0 Å². The molecule has 1 unspecified atom stereocenters. The molecule has 0 bridgehead atoms. The van der Waals surface area contributed by atoms with Crippen LogP contribution < -0.4 is 15.5 Å². The predicted octanol–water partition coefficient (Wildman–Crippen LogP) is 4.69. The van der Waals surface area contributed by atoms with Crippen molar-refractivity contribution in [3.63, 3.8) is 0 Å². The monoisotopic (exact) mass is 449 g/mol. The molecule has 0 aliphatic carbocycles. The lowest BCUT2D eigenvalue weighted by Crippen LogP contribution is -2.48. The SMILES string of the molecule is CC(C)Oc1ccc(Cl)cc1C=NNC(=O)C(NC(=O)c1ccccc1Cl)C(C)C. The second kappa shape index (κ2) is 11.0. The van der Waals surface area contributed by atoms with Crippen LogP contribution in [-0.2, 0) is 4.79 Å². The zero-order valence-corrected chi connectivity index (χ0v) is 18.8. The topological polar surface area (TPSA) is 79.8 Å². The second-order valence-electron chi connectivity index (χ2n) is 7.26. The van der Waals surface area contributed by atoms with Crippen LogP contribution in [0.4, 0.5) is 0 Å². The van der Waals surface area contributed by atoms with Crippen LogP contribution >= 0.6 is 23.2 Å². The van der Waals surface area contributed by atoms with Gasteiger partial charge in [-0.1, -0.05) is 49.2 Å². The van der Waals surface area contributed by atoms with Crippen LogP contribution in [0.1, 0.15) is 43.6 Å². The predicted molar refractivity (Wildman–Crippen MR) is 120 cm³/mol. The first-order chi connectivity index (χ1) is 14.2. The van der Waals surface area contributed by atoms with E-state index in [0.717, 1.165) is 0 Å². The molecule has 6 nitrogen and oxygen atoms in total. The van der Waals surface area contributed by atoms with E-state index in [-0.39, 0.29) is 12.0 Å². The number of rotatable bonds is 8. The van der Waals surface area contributed by atoms with Gasteiger partial charge < -0.3 is 10.1 Å². The van der Waals surface area contributed by atoms with E-state index in [1.165, 1.54) is 6.21 Å². The van der Waals surface area contributed by atoms with Crippen molar-refractivity contribution in [3.8, 4) is 5.75 Å². The highest BCUT2D eigenvalue weighted by atomic mass is 35.5. The summed E-state index contributed by atoms with van der Waals surface area (Å²) in [6.45, 7) is 7.47. The van der Waals surface area contributed by atoms with Gasteiger partial charge in [0.1, 0.15) is 11.8 Å². The third-order valence-electron chi connectivity index (χ3n) is 4.07. The summed E-state index contributed by atoms with van der Waals surface area (Å²) in [7, 11) is 0. The smallest absolute Gasteiger partial charge is 0.262 e. The number of nitrogens with one attached hydrogen (secondary N) is 2. The van der Waals surface area contributed by atoms with Gasteiger partial charge in [0.15, 0.2) is 0 Å². The molecule has 160 valence electrons. The molecule has 2 N–H and O–H groups in total. The summed E-state index contributed by atoms with van der Waals surface area (Å²) in [6.07, 6.45) is 1.42. The number of carbonyl (C=O) groups is 2. The van der Waals surface area contributed by atoms with Crippen LogP contribution in [0.3, 0.4) is 0 Å². The maximum absolute atomic E-state index is 12.6. The lowest BCUT2D eigenvalue weighted by molar-refractivity contribution is -0.123. The zero-order chi connectivity index (χ0) is 22.3. The highest BCUT2D eigenvalue weighted by Crippen LogP contribution is 2.22. The van der Waals surface area contributed by atoms with Gasteiger partial charge in [0.05, 0.1) is 22.9 Å². The number of amides is 2. The van der Waals surface area contributed by atoms with Gasteiger partial charge in [-0.05, 0) is 50.1 Å². The molecule has 2 rings (SSSR count). The van der Waals surface area contributed by atoms with Gasteiger partial charge in [-0.2, -0.15) is 5.10 Å². The third-order valence-corrected chi connectivity index (χ3v) is 4.63. The summed E-state index contributed by atoms with van der Waals surface area (Å²) in [5.74, 6) is -0.451. The molecule has 0 saturated heterocycles. The minimum atomic E-state index is -0.795. The van der Waals surface area contributed by atoms with Gasteiger partial charge in [-0.25, -0.2) is 5.43 Å². The Morgan fingerprint density at radius 3 is 2.40 bits per heavy atom. The lowest BCUT2D eigenvalue weighted by atomic mass is 10.0. The standard InChI is InChI=1S/C22H25Cl2N3O3/c1-13(2)20(26-21(28)17-7-5-6-8-18(17)24)22(29)27-25-12-15-11-16(23)9-10-19(15)30-14(3)4/h5-14,20H,1-4H3,(H,26,28)(H,27,29). The number of nitrogens with zero attached hydrogens (tertiary/aromatic N) is 1. The molecule has 2 amide bonds. The Labute approximate surface area is 186 Å². The van der Waals surface area contributed by atoms with E-state index in [4.69, 9.17) is 27.9 Å². The molecule has 0 aromatic heterocycles. The molecular weight excluding hydrogens is 425 g/mol. The van der Waals surface area contributed by atoms with Gasteiger partial charge >= 0.3 is 0 Å². The maximum Gasteiger partial charge on any atom is 0.262 e. The number of hydrogen-bond acceptors (Lipinski definition) is 4. The summed E-state index contributed by atoms with van der Waals surface area (Å²) >= 11 is 12.1. The first-order valence-corrected chi connectivity index (χ1v) is 10.3. The van der Waals surface area contributed by atoms with Crippen LogP contribution in [0.15, 0.2) is 47.6 Å². The number of carbonyl (C=O) groups excluding carboxylic acids is 2. The number of ether oxygens (including phenoxy) is 1. The minimum Gasteiger partial charge on any atom is -0.490 e. The van der Waals surface area contributed by atoms with E-state index >= 15 is 0 Å². The van der Waals surface area contributed by atoms with E-state index in [1.807, 2.05) is 27.7 Å². The zero-order valence-electron chi connectivity index (χ0n) is 17.3. The van der Waals surface area contributed by atoms with Crippen molar-refractivity contribution >= 4 is 41.2 Å². The summed E-state index contributed by atoms with van der Waals surface area (Å²) in [4.78, 5) is 25.1. The van der Waals surface area contributed by atoms with Crippen molar-refractivity contribution in [2.45, 2.75) is 39.8 Å². The fourth-order valence-corrected chi connectivity index (χ4v) is 3.02. The largest absolute Gasteiger partial charge is 0.490 e. The fraction of sp³-hybridized carbons (Fsp3) is 0.318. The van der Waals surface area contributed by atoms with Crippen molar-refractivity contribution < 1.29 is 14.3 Å². The molecule has 0 radical (unpaired) electrons. The Bertz CT molecular complexity index is 930. The average molecular weight is 450 g/mol. The van der Waals surface area contributed by atoms with Crippen molar-refractivity contribution in [3.05, 3.63) is 63.6 Å². The molecule has 0 heterocycles. The molecule has 1 atom stereocenters. The molecule has 0 aliphatic heterocycles. The fourth-order valence-electron chi connectivity index (χ4n) is 2.62. The number of halogens is 2. The van der Waals surface area contributed by atoms with E-state index in [2.05, 4.69) is 15.8 Å². The summed E-state index contributed by atoms with van der Waals surface area (Å²) in [5, 5.41) is 7.56. The van der Waals surface area contributed by atoms with Crippen LogP contribution in [0.5, 0.6) is 5.75 Å². The van der Waals surface area contributed by atoms with Crippen molar-refractivity contribution in [1.82, 2.24) is 10.7 Å². The third kappa shape index (κ3) is 6.75. The highest BCUT2D eigenvalue weighted by molar-refractivity contribution is 6.33. The highest BCUT2D eigenvalue weighted by Gasteiger charge is 2.25. The lowest BCUT2D eigenvalue weighted by Gasteiger charge is -2.20. The van der Waals surface area contributed by atoms with Crippen molar-refractivity contribution in [1.29, 1.82) is 0 Å². The second-order valence-corrected chi connectivity index (χ2v) is 8.10. The first-order valence-electron chi connectivity index (χ1n) is 9.53. The summed E-state index contributed by atoms with van der Waals surface area (Å²) in [5.41, 5.74) is 3.39. The van der Waals surface area contributed by atoms with Crippen LogP contribution in [0, 0.1) is 5.92 Å². The molecule has 2 aromatic rings. The molecule has 8 heteroatoms. The molecule has 0 spiro atoms. The van der Waals surface area contributed by atoms with Gasteiger partial charge in [-0.3, -0.25) is 9.59 Å². The first kappa shape index (κ1) is 23.7. The van der Waals surface area contributed by atoms with Crippen LogP contribution in [0.25, 0.3) is 0 Å². The number of benzene rings is 2. The van der Waals surface area contributed by atoms with Gasteiger partial charge in [-0.15, -0.1) is 0 Å². The van der Waals surface area contributed by atoms with E-state index in [9.17, 15) is 9.59 Å². The molecule has 2 aromatic carbocycles. The molecule has 0 fully saturated rings. The number of hydrazone groups is 1. The normalized spacial score (nSPS) is 12.3. The van der Waals surface area contributed by atoms with Crippen LogP contribution in [0.2, 0.25) is 10.0 Å². The average Bonchev–Trinajstić information content (AvgIpc) is 2.67. The Hall–Kier alpha value is -2.57. The Balaban J connectivity index is 2.10. The minimum absolute atomic E-state index is 0.0294. The Morgan fingerprint density at radius 1 is 1.07 bits per heavy atom. The Kier molecular flexibility index (Phi) is 8.69. The molecule has 30 heavy (non-hydrogen) atoms. The van der Waals surface area contributed by atoms with Crippen molar-refractivity contribution in [2.24, 2.45) is 11.0 Å². The quantitative estimate of drug-likeness (QED) is 0.453. The molecule has 0 aliphatic rings. The maximum atomic E-state index is 12.6. The Morgan fingerprint density at radius 2 is 1.77 bits per heavy atom. The number of hydrogen-bond donors (Lipinski definition) is 2. The molecule has 0 saturated carbocycles. The molecular formula is C22H25Cl2N3O3. The van der Waals surface area contributed by atoms with Gasteiger partial charge in [0.2, 0.25) is 0 Å². The van der Waals surface area contributed by atoms with E-state index < -0.39 is 17.9 Å². The van der Waals surface area contributed by atoms with Gasteiger partial charge in [0.25, 0.3) is 11.8 Å². The van der Waals surface area contributed by atoms with Crippen LogP contribution in [-0.4, -0.2) is 30.2 Å². The summed E-state index contributed by atoms with van der Waals surface area (Å²) < 4.78 is 5.72. The van der Waals surface area contributed by atoms with E-state index in [0.29, 0.717) is 26.9 Å². The van der Waals surface area contributed by atoms with E-state index in [1.54, 1.807) is 42.5 Å². The summed E-state index contributed by atoms with van der Waals surface area (Å²) in [6, 6.07) is 11.0.